The molecule has 3 heteroatoms. The maximum atomic E-state index is 10.3. The summed E-state index contributed by atoms with van der Waals surface area (Å²) in [6.45, 7) is 10.1. The van der Waals surface area contributed by atoms with Gasteiger partial charge in [-0.25, -0.2) is 0 Å². The van der Waals surface area contributed by atoms with Crippen molar-refractivity contribution in [3.05, 3.63) is 6.92 Å². The summed E-state index contributed by atoms with van der Waals surface area (Å²) < 4.78 is 0. The monoisotopic (exact) mass is 371 g/mol. The zero-order valence-electron chi connectivity index (χ0n) is 6.68. The molecule has 10 heavy (non-hydrogen) atoms. The van der Waals surface area contributed by atoms with Gasteiger partial charge in [0.15, 0.2) is 0 Å². The Bertz CT molecular complexity index is 107. The first-order chi connectivity index (χ1) is 3.92. The van der Waals surface area contributed by atoms with Crippen LogP contribution < -0.4 is 5.32 Å². The van der Waals surface area contributed by atoms with Gasteiger partial charge in [0.1, 0.15) is 0 Å². The number of rotatable bonds is 1. The smallest absolute Gasteiger partial charge is 0.0797 e. The van der Waals surface area contributed by atoms with Gasteiger partial charge < -0.3 is 17.0 Å². The predicted molar refractivity (Wildman–Crippen MR) is 37.8 cm³/mol. The van der Waals surface area contributed by atoms with E-state index in [4.69, 9.17) is 0 Å². The molecule has 0 radical (unpaired) electrons. The van der Waals surface area contributed by atoms with Crippen LogP contribution in [0.2, 0.25) is 0 Å². The van der Waals surface area contributed by atoms with Crippen LogP contribution in [0.1, 0.15) is 20.8 Å². The number of carbonyl (C=O) groups is 1. The van der Waals surface area contributed by atoms with Gasteiger partial charge in [-0.3, -0.25) is 0 Å². The van der Waals surface area contributed by atoms with Crippen LogP contribution in [-0.4, -0.2) is 12.5 Å². The van der Waals surface area contributed by atoms with Crippen LogP contribution in [0.15, 0.2) is 0 Å². The summed E-state index contributed by atoms with van der Waals surface area (Å²) in [4.78, 5) is 10.3. The fourth-order valence-corrected chi connectivity index (χ4v) is 0.364. The van der Waals surface area contributed by atoms with E-state index in [0.29, 0.717) is 6.54 Å². The normalized spacial score (nSPS) is 9.90. The van der Waals surface area contributed by atoms with Gasteiger partial charge >= 0.3 is 0 Å². The van der Waals surface area contributed by atoms with Gasteiger partial charge in [-0.05, 0) is 5.41 Å². The van der Waals surface area contributed by atoms with Crippen LogP contribution in [0.5, 0.6) is 0 Å². The first-order valence-corrected chi connectivity index (χ1v) is 3.01. The van der Waals surface area contributed by atoms with E-state index in [-0.39, 0.29) is 11.3 Å². The maximum Gasteiger partial charge on any atom is 0.0797 e. The SMILES string of the molecule is [CH2-]C(=O)NCC(C)(C)C.[Cm]. The molecule has 0 bridgehead atoms. The largest absolute Gasteiger partial charge is 0.381 e. The fraction of sp³-hybridized carbons (Fsp3) is 0.714. The third-order valence-electron chi connectivity index (χ3n) is 0.816. The quantitative estimate of drug-likeness (QED) is 0.681. The average molecular weight is 375 g/mol. The van der Waals surface area contributed by atoms with Crippen LogP contribution in [-0.2, 0) is 4.79 Å². The molecular formula is C7H14CmNO-. The molecule has 0 saturated carbocycles. The van der Waals surface area contributed by atoms with Crippen LogP contribution in [0.4, 0.5) is 0 Å². The van der Waals surface area contributed by atoms with Gasteiger partial charge in [-0.2, -0.15) is 0 Å². The summed E-state index contributed by atoms with van der Waals surface area (Å²) in [5.74, 6) is -0.204. The fourth-order valence-electron chi connectivity index (χ4n) is 0.364. The Balaban J connectivity index is 0. The molecule has 0 aromatic carbocycles. The zero-order chi connectivity index (χ0) is 7.49. The van der Waals surface area contributed by atoms with Gasteiger partial charge in [0.25, 0.3) is 0 Å². The summed E-state index contributed by atoms with van der Waals surface area (Å²) in [5, 5.41) is 2.64. The molecule has 0 aromatic heterocycles. The second kappa shape index (κ2) is 3.38. The molecule has 0 aliphatic carbocycles. The molecule has 0 heterocycles. The minimum absolute atomic E-state index is 0. The summed E-state index contributed by atoms with van der Waals surface area (Å²) in [6.07, 6.45) is 0. The van der Waals surface area contributed by atoms with E-state index in [1.807, 2.05) is 0 Å². The Labute approximate surface area is 56.6 Å². The van der Waals surface area contributed by atoms with Crippen LogP contribution in [0.3, 0.4) is 0 Å². The van der Waals surface area contributed by atoms with E-state index >= 15 is 0 Å². The molecule has 0 atom stereocenters. The van der Waals surface area contributed by atoms with Crippen molar-refractivity contribution in [2.24, 2.45) is 5.41 Å². The van der Waals surface area contributed by atoms with Crippen molar-refractivity contribution in [1.82, 2.24) is 5.32 Å². The van der Waals surface area contributed by atoms with E-state index in [9.17, 15) is 4.79 Å². The molecule has 0 aliphatic heterocycles. The summed E-state index contributed by atoms with van der Waals surface area (Å²) in [6, 6.07) is 0. The van der Waals surface area contributed by atoms with Crippen molar-refractivity contribution >= 4 is 5.91 Å². The molecular weight excluding hydrogens is 361 g/mol. The molecule has 0 fully saturated rings. The number of nitrogens with one attached hydrogen (secondary N) is 1. The van der Waals surface area contributed by atoms with Crippen LogP contribution in [0, 0.1) is 12.3 Å². The summed E-state index contributed by atoms with van der Waals surface area (Å²) in [7, 11) is 0. The van der Waals surface area contributed by atoms with Gasteiger partial charge in [0.2, 0.25) is 0 Å². The number of amides is 1. The van der Waals surface area contributed by atoms with Crippen LogP contribution in [0.25, 0.3) is 0 Å². The van der Waals surface area contributed by atoms with Crippen molar-refractivity contribution < 1.29 is 4.79 Å². The molecule has 2 nitrogen and oxygen atoms in total. The molecule has 1 N–H and O–H groups in total. The van der Waals surface area contributed by atoms with Gasteiger partial charge in [-0.15, -0.1) is 0 Å². The molecule has 0 rings (SSSR count). The Morgan fingerprint density at radius 2 is 1.90 bits per heavy atom. The summed E-state index contributed by atoms with van der Waals surface area (Å²) in [5.41, 5.74) is 0.160. The zero-order valence-corrected chi connectivity index (χ0v) is 9.62. The Hall–Kier alpha value is -1.66. The number of hydrogen-bond donors (Lipinski definition) is 1. The number of carbonyl (C=O) groups excluding carboxylic acids is 1. The van der Waals surface area contributed by atoms with Gasteiger partial charge in [-0.1, -0.05) is 20.8 Å². The van der Waals surface area contributed by atoms with E-state index in [1.54, 1.807) is 0 Å². The van der Waals surface area contributed by atoms with E-state index in [0.717, 1.165) is 0 Å². The maximum absolute atomic E-state index is 10.3. The Morgan fingerprint density at radius 3 is 2.00 bits per heavy atom. The van der Waals surface area contributed by atoms with Gasteiger partial charge in [0, 0.05) is 6.54 Å². The topological polar surface area (TPSA) is 29.1 Å². The second-order valence-electron chi connectivity index (χ2n) is 3.34. The first-order valence-electron chi connectivity index (χ1n) is 3.01. The number of hydrogen-bond acceptors (Lipinski definition) is 1. The van der Waals surface area contributed by atoms with E-state index < -0.39 is 0 Å². The van der Waals surface area contributed by atoms with Crippen molar-refractivity contribution in [2.45, 2.75) is 20.8 Å². The second-order valence-corrected chi connectivity index (χ2v) is 3.34. The molecule has 1 amide bonds. The molecule has 0 spiro atoms. The third-order valence-corrected chi connectivity index (χ3v) is 0.816. The minimum Gasteiger partial charge on any atom is -0.381 e. The molecule has 0 aromatic rings. The van der Waals surface area contributed by atoms with Crippen molar-refractivity contribution in [1.29, 1.82) is 0 Å². The van der Waals surface area contributed by atoms with Crippen molar-refractivity contribution in [3.63, 3.8) is 0 Å². The van der Waals surface area contributed by atoms with Crippen LogP contribution >= 0.6 is 0 Å². The summed E-state index contributed by atoms with van der Waals surface area (Å²) >= 11 is 0. The van der Waals surface area contributed by atoms with E-state index in [1.165, 1.54) is 0 Å². The first kappa shape index (κ1) is 11.2. The van der Waals surface area contributed by atoms with E-state index in [2.05, 4.69) is 33.0 Å². The standard InChI is InChI=1S/C7H14NO.Cm/c1-6(9)8-5-7(2,3)4;/h1,5H2,2-4H3,(H,8,9);/q-1;. The molecule has 0 unspecified atom stereocenters. The Kier molecular flexibility index (Phi) is 3.78. The van der Waals surface area contributed by atoms with Gasteiger partial charge in [0.05, 0.1) is 5.91 Å². The molecule has 62 valence electrons. The van der Waals surface area contributed by atoms with Crippen molar-refractivity contribution in [3.8, 4) is 0 Å². The third kappa shape index (κ3) is 9.60. The average Bonchev–Trinajstić information content (AvgIpc) is 1.59. The van der Waals surface area contributed by atoms with Crippen molar-refractivity contribution in [2.75, 3.05) is 6.54 Å². The predicted octanol–water partition coefficient (Wildman–Crippen LogP) is 0.983. The Morgan fingerprint density at radius 1 is 1.50 bits per heavy atom. The minimum atomic E-state index is -0.204. The molecule has 0 saturated heterocycles. The molecule has 0 aliphatic rings.